The highest BCUT2D eigenvalue weighted by Gasteiger charge is 2.19. The highest BCUT2D eigenvalue weighted by atomic mass is 16.5. The van der Waals surface area contributed by atoms with Crippen molar-refractivity contribution < 1.29 is 4.52 Å². The fraction of sp³-hybridized carbons (Fsp3) is 0.263. The van der Waals surface area contributed by atoms with Gasteiger partial charge in [-0.1, -0.05) is 53.2 Å². The number of hydrogen-bond donors (Lipinski definition) is 0. The molecule has 0 fully saturated rings. The lowest BCUT2D eigenvalue weighted by atomic mass is 10.0. The number of benzene rings is 2. The molecular formula is C19H19N3O. The molecule has 116 valence electrons. The molecule has 1 aromatic heterocycles. The van der Waals surface area contributed by atoms with Crippen molar-refractivity contribution in [2.45, 2.75) is 26.3 Å². The van der Waals surface area contributed by atoms with Crippen molar-refractivity contribution >= 4 is 5.69 Å². The molecule has 2 heterocycles. The summed E-state index contributed by atoms with van der Waals surface area (Å²) >= 11 is 0. The van der Waals surface area contributed by atoms with E-state index in [-0.39, 0.29) is 0 Å². The summed E-state index contributed by atoms with van der Waals surface area (Å²) in [4.78, 5) is 6.88. The maximum atomic E-state index is 5.46. The molecule has 4 heteroatoms. The van der Waals surface area contributed by atoms with Crippen LogP contribution in [0.3, 0.4) is 0 Å². The molecule has 0 bridgehead atoms. The Morgan fingerprint density at radius 2 is 1.91 bits per heavy atom. The van der Waals surface area contributed by atoms with Gasteiger partial charge < -0.3 is 9.42 Å². The zero-order valence-corrected chi connectivity index (χ0v) is 13.2. The molecule has 0 unspecified atom stereocenters. The minimum atomic E-state index is 0.658. The number of anilines is 1. The molecule has 4 nitrogen and oxygen atoms in total. The first-order chi connectivity index (χ1) is 11.3. The van der Waals surface area contributed by atoms with Crippen LogP contribution < -0.4 is 4.90 Å². The monoisotopic (exact) mass is 305 g/mol. The second-order valence-corrected chi connectivity index (χ2v) is 6.03. The lowest BCUT2D eigenvalue weighted by Crippen LogP contribution is -2.28. The third-order valence-electron chi connectivity index (χ3n) is 4.31. The molecule has 0 amide bonds. The quantitative estimate of drug-likeness (QED) is 0.733. The van der Waals surface area contributed by atoms with Crippen LogP contribution in [0.25, 0.3) is 11.4 Å². The Labute approximate surface area is 135 Å². The van der Waals surface area contributed by atoms with E-state index in [1.165, 1.54) is 16.8 Å². The Balaban J connectivity index is 1.56. The summed E-state index contributed by atoms with van der Waals surface area (Å²) in [5.41, 5.74) is 4.90. The normalized spacial score (nSPS) is 13.9. The predicted molar refractivity (Wildman–Crippen MR) is 90.3 cm³/mol. The van der Waals surface area contributed by atoms with Crippen LogP contribution in [0.15, 0.2) is 53.1 Å². The summed E-state index contributed by atoms with van der Waals surface area (Å²) in [6, 6.07) is 16.7. The van der Waals surface area contributed by atoms with Gasteiger partial charge in [0.15, 0.2) is 0 Å². The first kappa shape index (κ1) is 14.0. The van der Waals surface area contributed by atoms with E-state index >= 15 is 0 Å². The van der Waals surface area contributed by atoms with Crippen molar-refractivity contribution in [3.8, 4) is 11.4 Å². The first-order valence-corrected chi connectivity index (χ1v) is 8.02. The summed E-state index contributed by atoms with van der Waals surface area (Å²) in [6.07, 6.45) is 2.31. The van der Waals surface area contributed by atoms with Crippen LogP contribution in [0.1, 0.15) is 23.4 Å². The number of aryl methyl sites for hydroxylation is 2. The summed E-state index contributed by atoms with van der Waals surface area (Å²) in [5.74, 6) is 1.32. The highest BCUT2D eigenvalue weighted by Crippen LogP contribution is 2.28. The van der Waals surface area contributed by atoms with Gasteiger partial charge in [0.2, 0.25) is 11.7 Å². The van der Waals surface area contributed by atoms with Crippen LogP contribution in [-0.2, 0) is 13.0 Å². The largest absolute Gasteiger partial charge is 0.362 e. The Bertz CT molecular complexity index is 807. The summed E-state index contributed by atoms with van der Waals surface area (Å²) in [5, 5.41) is 4.12. The van der Waals surface area contributed by atoms with Gasteiger partial charge in [-0.25, -0.2) is 0 Å². The minimum Gasteiger partial charge on any atom is -0.362 e. The van der Waals surface area contributed by atoms with Crippen LogP contribution in [0.2, 0.25) is 0 Å². The van der Waals surface area contributed by atoms with Crippen LogP contribution in [0.4, 0.5) is 5.69 Å². The molecule has 0 saturated carbocycles. The average Bonchev–Trinajstić information content (AvgIpc) is 3.04. The van der Waals surface area contributed by atoms with Crippen molar-refractivity contribution in [2.24, 2.45) is 0 Å². The zero-order chi connectivity index (χ0) is 15.6. The van der Waals surface area contributed by atoms with Gasteiger partial charge in [0, 0.05) is 17.8 Å². The number of nitrogens with zero attached hydrogens (tertiary/aromatic N) is 3. The smallest absolute Gasteiger partial charge is 0.246 e. The predicted octanol–water partition coefficient (Wildman–Crippen LogP) is 4.00. The maximum absolute atomic E-state index is 5.46. The molecule has 23 heavy (non-hydrogen) atoms. The second kappa shape index (κ2) is 5.88. The molecule has 1 aliphatic heterocycles. The minimum absolute atomic E-state index is 0.658. The van der Waals surface area contributed by atoms with Crippen molar-refractivity contribution in [3.63, 3.8) is 0 Å². The molecule has 3 aromatic rings. The molecule has 0 spiro atoms. The van der Waals surface area contributed by atoms with Crippen molar-refractivity contribution in [3.05, 3.63) is 65.5 Å². The van der Waals surface area contributed by atoms with Gasteiger partial charge in [-0.15, -0.1) is 0 Å². The molecule has 0 aliphatic carbocycles. The molecule has 1 aliphatic rings. The molecule has 0 radical (unpaired) electrons. The Kier molecular flexibility index (Phi) is 3.58. The molecule has 2 aromatic carbocycles. The van der Waals surface area contributed by atoms with E-state index in [2.05, 4.69) is 58.4 Å². The Morgan fingerprint density at radius 3 is 2.78 bits per heavy atom. The second-order valence-electron chi connectivity index (χ2n) is 6.03. The van der Waals surface area contributed by atoms with E-state index in [0.29, 0.717) is 18.3 Å². The van der Waals surface area contributed by atoms with Crippen LogP contribution in [-0.4, -0.2) is 16.7 Å². The third kappa shape index (κ3) is 2.84. The Hall–Kier alpha value is -2.62. The SMILES string of the molecule is Cc1ccc(-c2noc(CN3CCCc4ccccc43)n2)cc1. The molecule has 0 saturated heterocycles. The van der Waals surface area contributed by atoms with E-state index in [9.17, 15) is 0 Å². The zero-order valence-electron chi connectivity index (χ0n) is 13.2. The lowest BCUT2D eigenvalue weighted by Gasteiger charge is -2.29. The van der Waals surface area contributed by atoms with Crippen LogP contribution >= 0.6 is 0 Å². The number of rotatable bonds is 3. The summed E-state index contributed by atoms with van der Waals surface area (Å²) < 4.78 is 5.46. The molecule has 4 rings (SSSR count). The summed E-state index contributed by atoms with van der Waals surface area (Å²) in [6.45, 7) is 3.76. The van der Waals surface area contributed by atoms with Crippen molar-refractivity contribution in [2.75, 3.05) is 11.4 Å². The fourth-order valence-electron chi connectivity index (χ4n) is 3.08. The molecular weight excluding hydrogens is 286 g/mol. The van der Waals surface area contributed by atoms with Crippen LogP contribution in [0.5, 0.6) is 0 Å². The van der Waals surface area contributed by atoms with E-state index in [4.69, 9.17) is 4.52 Å². The lowest BCUT2D eigenvalue weighted by molar-refractivity contribution is 0.375. The van der Waals surface area contributed by atoms with E-state index in [0.717, 1.165) is 24.9 Å². The topological polar surface area (TPSA) is 42.2 Å². The first-order valence-electron chi connectivity index (χ1n) is 8.02. The molecule has 0 N–H and O–H groups in total. The van der Waals surface area contributed by atoms with Crippen LogP contribution in [0, 0.1) is 6.92 Å². The number of para-hydroxylation sites is 1. The number of fused-ring (bicyclic) bond motifs is 1. The van der Waals surface area contributed by atoms with Gasteiger partial charge in [-0.2, -0.15) is 4.98 Å². The number of hydrogen-bond acceptors (Lipinski definition) is 4. The van der Waals surface area contributed by atoms with Gasteiger partial charge >= 0.3 is 0 Å². The Morgan fingerprint density at radius 1 is 1.09 bits per heavy atom. The van der Waals surface area contributed by atoms with Gasteiger partial charge in [0.25, 0.3) is 0 Å². The van der Waals surface area contributed by atoms with Gasteiger partial charge in [-0.3, -0.25) is 0 Å². The average molecular weight is 305 g/mol. The van der Waals surface area contributed by atoms with Gasteiger partial charge in [-0.05, 0) is 31.4 Å². The fourth-order valence-corrected chi connectivity index (χ4v) is 3.08. The maximum Gasteiger partial charge on any atom is 0.246 e. The van der Waals surface area contributed by atoms with Crippen molar-refractivity contribution in [1.82, 2.24) is 10.1 Å². The highest BCUT2D eigenvalue weighted by molar-refractivity contribution is 5.56. The van der Waals surface area contributed by atoms with E-state index < -0.39 is 0 Å². The van der Waals surface area contributed by atoms with E-state index in [1.807, 2.05) is 12.1 Å². The van der Waals surface area contributed by atoms with Crippen molar-refractivity contribution in [1.29, 1.82) is 0 Å². The molecule has 0 atom stereocenters. The summed E-state index contributed by atoms with van der Waals surface area (Å²) in [7, 11) is 0. The van der Waals surface area contributed by atoms with E-state index in [1.54, 1.807) is 0 Å². The third-order valence-corrected chi connectivity index (χ3v) is 4.31. The standard InChI is InChI=1S/C19H19N3O/c1-14-8-10-16(11-9-14)19-20-18(23-21-19)13-22-12-4-6-15-5-2-3-7-17(15)22/h2-3,5,7-11H,4,6,12-13H2,1H3. The van der Waals surface area contributed by atoms with Gasteiger partial charge in [0.05, 0.1) is 6.54 Å². The van der Waals surface area contributed by atoms with Gasteiger partial charge in [0.1, 0.15) is 0 Å². The number of aromatic nitrogens is 2.